The number of halogens is 3. The van der Waals surface area contributed by atoms with Gasteiger partial charge in [0.2, 0.25) is 5.82 Å². The van der Waals surface area contributed by atoms with Gasteiger partial charge in [0.05, 0.1) is 11.2 Å². The average Bonchev–Trinajstić information content (AvgIpc) is 2.25. The minimum absolute atomic E-state index is 0.324. The number of para-hydroxylation sites is 1. The molecule has 0 radical (unpaired) electrons. The third-order valence-electron chi connectivity index (χ3n) is 2.57. The first kappa shape index (κ1) is 12.8. The van der Waals surface area contributed by atoms with Crippen LogP contribution < -0.4 is 0 Å². The molecule has 96 valence electrons. The van der Waals surface area contributed by atoms with Crippen molar-refractivity contribution in [2.45, 2.75) is 32.4 Å². The highest BCUT2D eigenvalue weighted by atomic mass is 19.4. The van der Waals surface area contributed by atoms with Crippen molar-refractivity contribution in [1.29, 1.82) is 0 Å². The highest BCUT2D eigenvalue weighted by molar-refractivity contribution is 5.81. The molecule has 1 heterocycles. The summed E-state index contributed by atoms with van der Waals surface area (Å²) in [7, 11) is 0. The van der Waals surface area contributed by atoms with E-state index < -0.39 is 17.4 Å². The molecule has 0 aliphatic heterocycles. The normalized spacial score (nSPS) is 13.0. The first-order chi connectivity index (χ1) is 8.19. The first-order valence-corrected chi connectivity index (χ1v) is 5.54. The summed E-state index contributed by atoms with van der Waals surface area (Å²) >= 11 is 0. The Labute approximate surface area is 103 Å². The molecule has 0 unspecified atom stereocenters. The molecule has 0 saturated heterocycles. The quantitative estimate of drug-likeness (QED) is 0.711. The summed E-state index contributed by atoms with van der Waals surface area (Å²) in [5.74, 6) is -1.08. The van der Waals surface area contributed by atoms with Gasteiger partial charge in [0, 0.05) is 10.8 Å². The lowest BCUT2D eigenvalue weighted by Gasteiger charge is -2.21. The summed E-state index contributed by atoms with van der Waals surface area (Å²) in [4.78, 5) is 7.29. The maximum Gasteiger partial charge on any atom is 0.451 e. The van der Waals surface area contributed by atoms with Crippen molar-refractivity contribution in [1.82, 2.24) is 9.97 Å². The molecule has 1 aromatic heterocycles. The molecule has 0 aliphatic rings. The van der Waals surface area contributed by atoms with Crippen LogP contribution in [0.15, 0.2) is 24.3 Å². The van der Waals surface area contributed by atoms with Crippen LogP contribution in [-0.2, 0) is 11.6 Å². The third kappa shape index (κ3) is 2.30. The van der Waals surface area contributed by atoms with E-state index in [1.165, 1.54) is 0 Å². The molecular formula is C13H13F3N2. The molecule has 18 heavy (non-hydrogen) atoms. The summed E-state index contributed by atoms with van der Waals surface area (Å²) < 4.78 is 38.3. The minimum atomic E-state index is -4.52. The van der Waals surface area contributed by atoms with Gasteiger partial charge in [0.1, 0.15) is 0 Å². The summed E-state index contributed by atoms with van der Waals surface area (Å²) in [6, 6.07) is 6.76. The molecule has 0 N–H and O–H groups in total. The Morgan fingerprint density at radius 2 is 1.56 bits per heavy atom. The zero-order valence-electron chi connectivity index (χ0n) is 10.3. The third-order valence-corrected chi connectivity index (χ3v) is 2.57. The second-order valence-corrected chi connectivity index (χ2v) is 5.16. The Bertz CT molecular complexity index is 583. The van der Waals surface area contributed by atoms with Gasteiger partial charge in [-0.2, -0.15) is 13.2 Å². The lowest BCUT2D eigenvalue weighted by Crippen LogP contribution is -2.20. The van der Waals surface area contributed by atoms with Crippen LogP contribution >= 0.6 is 0 Å². The van der Waals surface area contributed by atoms with Crippen LogP contribution in [0.1, 0.15) is 32.3 Å². The molecule has 0 amide bonds. The number of alkyl halides is 3. The van der Waals surface area contributed by atoms with E-state index in [0.717, 1.165) is 0 Å². The number of fused-ring (bicyclic) bond motifs is 1. The molecule has 1 aromatic carbocycles. The Morgan fingerprint density at radius 3 is 2.11 bits per heavy atom. The number of aromatic nitrogens is 2. The highest BCUT2D eigenvalue weighted by Crippen LogP contribution is 2.32. The van der Waals surface area contributed by atoms with Crippen LogP contribution in [0.4, 0.5) is 13.2 Å². The zero-order chi connectivity index (χ0) is 13.6. The van der Waals surface area contributed by atoms with Gasteiger partial charge in [-0.25, -0.2) is 9.97 Å². The molecule has 5 heteroatoms. The summed E-state index contributed by atoms with van der Waals surface area (Å²) in [6.45, 7) is 5.51. The van der Waals surface area contributed by atoms with E-state index in [2.05, 4.69) is 9.97 Å². The first-order valence-electron chi connectivity index (χ1n) is 5.54. The van der Waals surface area contributed by atoms with Crippen LogP contribution in [0.3, 0.4) is 0 Å². The van der Waals surface area contributed by atoms with Crippen molar-refractivity contribution in [3.63, 3.8) is 0 Å². The maximum atomic E-state index is 12.8. The smallest absolute Gasteiger partial charge is 0.228 e. The van der Waals surface area contributed by atoms with Crippen LogP contribution in [0.2, 0.25) is 0 Å². The fourth-order valence-corrected chi connectivity index (χ4v) is 1.78. The predicted octanol–water partition coefficient (Wildman–Crippen LogP) is 3.95. The van der Waals surface area contributed by atoms with Gasteiger partial charge < -0.3 is 0 Å². The van der Waals surface area contributed by atoms with Crippen LogP contribution in [-0.4, -0.2) is 9.97 Å². The van der Waals surface area contributed by atoms with Crippen molar-refractivity contribution in [2.75, 3.05) is 0 Å². The monoisotopic (exact) mass is 254 g/mol. The van der Waals surface area contributed by atoms with Crippen molar-refractivity contribution in [3.05, 3.63) is 35.8 Å². The second kappa shape index (κ2) is 3.93. The van der Waals surface area contributed by atoms with Crippen molar-refractivity contribution >= 4 is 10.9 Å². The Hall–Kier alpha value is -1.65. The molecule has 0 fully saturated rings. The van der Waals surface area contributed by atoms with E-state index in [1.54, 1.807) is 24.3 Å². The SMILES string of the molecule is CC(C)(C)c1nc(C(F)(F)F)nc2ccccc12. The molecule has 2 nitrogen and oxygen atoms in total. The summed E-state index contributed by atoms with van der Waals surface area (Å²) in [6.07, 6.45) is -4.52. The Kier molecular flexibility index (Phi) is 2.80. The number of hydrogen-bond donors (Lipinski definition) is 0. The van der Waals surface area contributed by atoms with Crippen LogP contribution in [0.5, 0.6) is 0 Å². The number of nitrogens with zero attached hydrogens (tertiary/aromatic N) is 2. The van der Waals surface area contributed by atoms with E-state index in [4.69, 9.17) is 0 Å². The lowest BCUT2D eigenvalue weighted by atomic mass is 9.89. The van der Waals surface area contributed by atoms with E-state index in [-0.39, 0.29) is 0 Å². The van der Waals surface area contributed by atoms with E-state index in [1.807, 2.05) is 20.8 Å². The molecule has 0 spiro atoms. The van der Waals surface area contributed by atoms with E-state index >= 15 is 0 Å². The van der Waals surface area contributed by atoms with Gasteiger partial charge in [0.25, 0.3) is 0 Å². The largest absolute Gasteiger partial charge is 0.451 e. The number of hydrogen-bond acceptors (Lipinski definition) is 2. The Morgan fingerprint density at radius 1 is 0.944 bits per heavy atom. The molecule has 0 atom stereocenters. The van der Waals surface area contributed by atoms with Gasteiger partial charge in [-0.3, -0.25) is 0 Å². The van der Waals surface area contributed by atoms with E-state index in [9.17, 15) is 13.2 Å². The lowest BCUT2D eigenvalue weighted by molar-refractivity contribution is -0.144. The van der Waals surface area contributed by atoms with Gasteiger partial charge in [0.15, 0.2) is 0 Å². The summed E-state index contributed by atoms with van der Waals surface area (Å²) in [5.41, 5.74) is 0.271. The summed E-state index contributed by atoms with van der Waals surface area (Å²) in [5, 5.41) is 0.665. The highest BCUT2D eigenvalue weighted by Gasteiger charge is 2.36. The van der Waals surface area contributed by atoms with Gasteiger partial charge in [-0.1, -0.05) is 39.0 Å². The Balaban J connectivity index is 2.81. The maximum absolute atomic E-state index is 12.8. The van der Waals surface area contributed by atoms with Crippen molar-refractivity contribution in [3.8, 4) is 0 Å². The number of benzene rings is 1. The van der Waals surface area contributed by atoms with Crippen molar-refractivity contribution in [2.24, 2.45) is 0 Å². The molecule has 0 saturated carbocycles. The van der Waals surface area contributed by atoms with Crippen LogP contribution in [0.25, 0.3) is 10.9 Å². The molecular weight excluding hydrogens is 241 g/mol. The molecule has 2 aromatic rings. The van der Waals surface area contributed by atoms with Gasteiger partial charge >= 0.3 is 6.18 Å². The molecule has 0 bridgehead atoms. The topological polar surface area (TPSA) is 25.8 Å². The predicted molar refractivity (Wildman–Crippen MR) is 63.2 cm³/mol. The van der Waals surface area contributed by atoms with Gasteiger partial charge in [-0.15, -0.1) is 0 Å². The fourth-order valence-electron chi connectivity index (χ4n) is 1.78. The second-order valence-electron chi connectivity index (χ2n) is 5.16. The number of rotatable bonds is 0. The van der Waals surface area contributed by atoms with Crippen LogP contribution in [0, 0.1) is 0 Å². The molecule has 0 aliphatic carbocycles. The fraction of sp³-hybridized carbons (Fsp3) is 0.385. The zero-order valence-corrected chi connectivity index (χ0v) is 10.3. The van der Waals surface area contributed by atoms with Crippen molar-refractivity contribution < 1.29 is 13.2 Å². The minimum Gasteiger partial charge on any atom is -0.228 e. The van der Waals surface area contributed by atoms with E-state index in [0.29, 0.717) is 16.6 Å². The van der Waals surface area contributed by atoms with Gasteiger partial charge in [-0.05, 0) is 6.07 Å². The average molecular weight is 254 g/mol. The molecule has 2 rings (SSSR count). The standard InChI is InChI=1S/C13H13F3N2/c1-12(2,3)10-8-6-4-5-7-9(8)17-11(18-10)13(14,15)16/h4-7H,1-3H3.